The Kier molecular flexibility index (Phi) is 12.6. The fourth-order valence-electron chi connectivity index (χ4n) is 5.34. The Morgan fingerprint density at radius 3 is 2.26 bits per heavy atom. The number of amides is 3. The summed E-state index contributed by atoms with van der Waals surface area (Å²) in [6.45, 7) is 2.66. The van der Waals surface area contributed by atoms with Crippen LogP contribution in [0.5, 0.6) is 5.88 Å². The molecule has 50 heavy (non-hydrogen) atoms. The molecular weight excluding hydrogens is 663 g/mol. The largest absolute Gasteiger partial charge is 0.481 e. The number of hydrogen-bond donors (Lipinski definition) is 3. The zero-order chi connectivity index (χ0) is 36.4. The quantitative estimate of drug-likeness (QED) is 0.224. The predicted octanol–water partition coefficient (Wildman–Crippen LogP) is 4.13. The summed E-state index contributed by atoms with van der Waals surface area (Å²) in [5.74, 6) is -4.58. The number of likely N-dealkylation sites (tertiary alicyclic amines) is 1. The number of piperidine rings is 1. The topological polar surface area (TPSA) is 169 Å². The fraction of sp³-hybridized carbons (Fsp3) is 0.412. The first-order chi connectivity index (χ1) is 23.7. The van der Waals surface area contributed by atoms with Crippen LogP contribution in [-0.4, -0.2) is 80.7 Å². The lowest BCUT2D eigenvalue weighted by Crippen LogP contribution is -2.60. The molecule has 0 radical (unpaired) electrons. The van der Waals surface area contributed by atoms with Crippen LogP contribution in [0.25, 0.3) is 5.69 Å². The molecule has 2 heterocycles. The Morgan fingerprint density at radius 2 is 1.64 bits per heavy atom. The third-order valence-corrected chi connectivity index (χ3v) is 7.92. The first kappa shape index (κ1) is 37.4. The van der Waals surface area contributed by atoms with Gasteiger partial charge in [0.1, 0.15) is 24.7 Å². The molecule has 0 saturated carbocycles. The highest BCUT2D eigenvalue weighted by Crippen LogP contribution is 2.32. The molecular formula is C34H38F3N5O8. The first-order valence-electron chi connectivity index (χ1n) is 15.9. The van der Waals surface area contributed by atoms with Crippen LogP contribution >= 0.6 is 0 Å². The zero-order valence-electron chi connectivity index (χ0n) is 27.4. The summed E-state index contributed by atoms with van der Waals surface area (Å²) in [6.07, 6.45) is -5.21. The van der Waals surface area contributed by atoms with Crippen LogP contribution in [0.2, 0.25) is 0 Å². The van der Waals surface area contributed by atoms with E-state index in [-0.39, 0.29) is 25.3 Å². The molecule has 0 aliphatic carbocycles. The first-order valence-corrected chi connectivity index (χ1v) is 15.9. The molecule has 4 rings (SSSR count). The number of alkyl carbamates (subject to hydrolysis) is 1. The van der Waals surface area contributed by atoms with E-state index in [1.54, 1.807) is 56.3 Å². The van der Waals surface area contributed by atoms with E-state index in [1.165, 1.54) is 17.0 Å². The number of nitrogens with one attached hydrogen (secondary N) is 2. The van der Waals surface area contributed by atoms with Gasteiger partial charge >= 0.3 is 18.2 Å². The number of ether oxygens (including phenoxy) is 2. The van der Waals surface area contributed by atoms with Crippen LogP contribution in [0.15, 0.2) is 66.7 Å². The minimum atomic E-state index is -4.82. The molecule has 13 nitrogen and oxygen atoms in total. The van der Waals surface area contributed by atoms with Gasteiger partial charge in [-0.3, -0.25) is 19.2 Å². The summed E-state index contributed by atoms with van der Waals surface area (Å²) in [5.41, 5.74) is -0.326. The normalized spacial score (nSPS) is 15.9. The number of carboxylic acids is 1. The molecule has 3 atom stereocenters. The van der Waals surface area contributed by atoms with E-state index in [1.807, 2.05) is 6.07 Å². The summed E-state index contributed by atoms with van der Waals surface area (Å²) in [6, 6.07) is 13.4. The third kappa shape index (κ3) is 10.1. The fourth-order valence-corrected chi connectivity index (χ4v) is 5.34. The summed E-state index contributed by atoms with van der Waals surface area (Å²) >= 11 is 0. The number of carbonyl (C=O) groups is 5. The van der Waals surface area contributed by atoms with E-state index in [9.17, 15) is 42.3 Å². The highest BCUT2D eigenvalue weighted by molar-refractivity contribution is 5.96. The van der Waals surface area contributed by atoms with Crippen molar-refractivity contribution in [1.29, 1.82) is 0 Å². The Labute approximate surface area is 285 Å². The maximum Gasteiger partial charge on any atom is 0.435 e. The number of rotatable bonds is 14. The molecule has 268 valence electrons. The van der Waals surface area contributed by atoms with Crippen LogP contribution in [0.3, 0.4) is 0 Å². The molecule has 1 fully saturated rings. The van der Waals surface area contributed by atoms with Crippen molar-refractivity contribution in [3.05, 3.63) is 78.0 Å². The summed E-state index contributed by atoms with van der Waals surface area (Å²) in [5, 5.41) is 18.0. The summed E-state index contributed by atoms with van der Waals surface area (Å²) in [4.78, 5) is 66.1. The standard InChI is InChI=1S/C34H38F3N5O8/c1-21(2)30(39-33(48)50-19-22-11-5-3-6-12-22)32(47)41-16-10-9-15-25(41)31(46)38-24(17-29(44)45)26(43)20-49-28-18-27(34(35,36)37)40-42(28)23-13-7-4-8-14-23/h3-8,11-14,18,21,24-25,30H,9-10,15-17,19-20H2,1-2H3,(H,38,46)(H,39,48)(H,44,45)/t24-,25-,30-/m0/s1. The van der Waals surface area contributed by atoms with E-state index < -0.39 is 84.5 Å². The zero-order valence-corrected chi connectivity index (χ0v) is 27.4. The SMILES string of the molecule is CC(C)[C@H](NC(=O)OCc1ccccc1)C(=O)N1CCCC[C@H]1C(=O)N[C@@H](CC(=O)O)C(=O)COc1cc(C(F)(F)F)nn1-c1ccccc1. The van der Waals surface area contributed by atoms with Crippen molar-refractivity contribution in [2.75, 3.05) is 13.2 Å². The molecule has 3 amide bonds. The Balaban J connectivity index is 1.45. The second kappa shape index (κ2) is 16.8. The van der Waals surface area contributed by atoms with Crippen LogP contribution in [0.1, 0.15) is 50.8 Å². The van der Waals surface area contributed by atoms with Crippen LogP contribution in [-0.2, 0) is 36.7 Å². The molecule has 1 saturated heterocycles. The van der Waals surface area contributed by atoms with Gasteiger partial charge in [-0.1, -0.05) is 62.4 Å². The van der Waals surface area contributed by atoms with Crippen molar-refractivity contribution in [1.82, 2.24) is 25.3 Å². The van der Waals surface area contributed by atoms with Crippen molar-refractivity contribution in [3.8, 4) is 11.6 Å². The van der Waals surface area contributed by atoms with Gasteiger partial charge in [0.25, 0.3) is 0 Å². The van der Waals surface area contributed by atoms with Crippen molar-refractivity contribution < 1.29 is 51.7 Å². The molecule has 16 heteroatoms. The maximum atomic E-state index is 13.7. The number of hydrogen-bond acceptors (Lipinski definition) is 8. The number of para-hydroxylation sites is 1. The van der Waals surface area contributed by atoms with Crippen LogP contribution in [0, 0.1) is 5.92 Å². The molecule has 0 unspecified atom stereocenters. The number of carbonyl (C=O) groups excluding carboxylic acids is 4. The lowest BCUT2D eigenvalue weighted by atomic mass is 9.96. The lowest BCUT2D eigenvalue weighted by molar-refractivity contribution is -0.146. The Hall–Kier alpha value is -5.41. The highest BCUT2D eigenvalue weighted by Gasteiger charge is 2.39. The number of halogens is 3. The second-order valence-electron chi connectivity index (χ2n) is 12.0. The van der Waals surface area contributed by atoms with E-state index in [2.05, 4.69) is 15.7 Å². The number of alkyl halides is 3. The van der Waals surface area contributed by atoms with Gasteiger partial charge in [0.2, 0.25) is 17.7 Å². The average Bonchev–Trinajstić information content (AvgIpc) is 3.54. The van der Waals surface area contributed by atoms with Crippen LogP contribution in [0.4, 0.5) is 18.0 Å². The number of aliphatic carboxylic acids is 1. The molecule has 2 aromatic carbocycles. The van der Waals surface area contributed by atoms with Gasteiger partial charge in [0, 0.05) is 12.6 Å². The number of aromatic nitrogens is 2. The molecule has 3 aromatic rings. The Bertz CT molecular complexity index is 1650. The number of benzene rings is 2. The maximum absolute atomic E-state index is 13.7. The molecule has 0 spiro atoms. The third-order valence-electron chi connectivity index (χ3n) is 7.92. The van der Waals surface area contributed by atoms with Gasteiger partial charge in [0.05, 0.1) is 12.1 Å². The van der Waals surface area contributed by atoms with Crippen molar-refractivity contribution in [2.24, 2.45) is 5.92 Å². The minimum Gasteiger partial charge on any atom is -0.481 e. The van der Waals surface area contributed by atoms with Crippen molar-refractivity contribution in [3.63, 3.8) is 0 Å². The van der Waals surface area contributed by atoms with Gasteiger partial charge in [0.15, 0.2) is 18.1 Å². The molecule has 1 aliphatic heterocycles. The number of ketones is 1. The summed E-state index contributed by atoms with van der Waals surface area (Å²) < 4.78 is 51.9. The highest BCUT2D eigenvalue weighted by atomic mass is 19.4. The molecule has 3 N–H and O–H groups in total. The smallest absolute Gasteiger partial charge is 0.435 e. The summed E-state index contributed by atoms with van der Waals surface area (Å²) in [7, 11) is 0. The molecule has 1 aromatic heterocycles. The molecule has 1 aliphatic rings. The average molecular weight is 702 g/mol. The van der Waals surface area contributed by atoms with Gasteiger partial charge < -0.3 is 30.1 Å². The van der Waals surface area contributed by atoms with Gasteiger partial charge in [-0.2, -0.15) is 18.3 Å². The molecule has 0 bridgehead atoms. The van der Waals surface area contributed by atoms with E-state index in [0.29, 0.717) is 18.9 Å². The van der Waals surface area contributed by atoms with Gasteiger partial charge in [-0.25, -0.2) is 9.48 Å². The van der Waals surface area contributed by atoms with E-state index in [4.69, 9.17) is 9.47 Å². The Morgan fingerprint density at radius 1 is 0.980 bits per heavy atom. The van der Waals surface area contributed by atoms with E-state index >= 15 is 0 Å². The van der Waals surface area contributed by atoms with Crippen molar-refractivity contribution >= 4 is 29.7 Å². The van der Waals surface area contributed by atoms with Gasteiger partial charge in [-0.05, 0) is 42.9 Å². The number of Topliss-reactive ketones (excluding diaryl/α,β-unsaturated/α-hetero) is 1. The number of carboxylic acid groups (broad SMARTS) is 1. The predicted molar refractivity (Wildman–Crippen MR) is 171 cm³/mol. The number of nitrogens with zero attached hydrogens (tertiary/aromatic N) is 3. The monoisotopic (exact) mass is 701 g/mol. The van der Waals surface area contributed by atoms with Crippen molar-refractivity contribution in [2.45, 2.75) is 70.4 Å². The minimum absolute atomic E-state index is 0.0266. The van der Waals surface area contributed by atoms with Gasteiger partial charge in [-0.15, -0.1) is 0 Å². The lowest BCUT2D eigenvalue weighted by Gasteiger charge is -2.38. The van der Waals surface area contributed by atoms with Crippen LogP contribution < -0.4 is 15.4 Å². The van der Waals surface area contributed by atoms with E-state index in [0.717, 1.165) is 10.2 Å². The second-order valence-corrected chi connectivity index (χ2v) is 12.0.